The number of Topliss-reactive ketones (excluding diaryl/α,β-unsaturated/α-hetero) is 1. The number of rotatable bonds is 4. The standard InChI is InChI=1S/C11H18O2/c1-8-7-10(8)11(12)5-4-9-3-2-6-13-9/h8-10H,2-7H2,1H3. The molecule has 0 aromatic rings. The first-order valence-corrected chi connectivity index (χ1v) is 5.41. The van der Waals surface area contributed by atoms with Crippen molar-refractivity contribution in [3.63, 3.8) is 0 Å². The fourth-order valence-electron chi connectivity index (χ4n) is 2.13. The van der Waals surface area contributed by atoms with Crippen molar-refractivity contribution >= 4 is 5.78 Å². The van der Waals surface area contributed by atoms with E-state index in [0.717, 1.165) is 32.3 Å². The van der Waals surface area contributed by atoms with Crippen LogP contribution in [0.1, 0.15) is 39.0 Å². The van der Waals surface area contributed by atoms with Crippen molar-refractivity contribution in [2.45, 2.75) is 45.1 Å². The fraction of sp³-hybridized carbons (Fsp3) is 0.909. The monoisotopic (exact) mass is 182 g/mol. The summed E-state index contributed by atoms with van der Waals surface area (Å²) < 4.78 is 5.48. The smallest absolute Gasteiger partial charge is 0.136 e. The molecule has 0 N–H and O–H groups in total. The first kappa shape index (κ1) is 9.20. The summed E-state index contributed by atoms with van der Waals surface area (Å²) in [4.78, 5) is 11.5. The summed E-state index contributed by atoms with van der Waals surface area (Å²) in [5.41, 5.74) is 0. The molecular weight excluding hydrogens is 164 g/mol. The summed E-state index contributed by atoms with van der Waals surface area (Å²) in [7, 11) is 0. The topological polar surface area (TPSA) is 26.3 Å². The van der Waals surface area contributed by atoms with Crippen LogP contribution in [-0.2, 0) is 9.53 Å². The maximum absolute atomic E-state index is 11.5. The van der Waals surface area contributed by atoms with Gasteiger partial charge in [0.2, 0.25) is 0 Å². The predicted octanol–water partition coefficient (Wildman–Crippen LogP) is 2.17. The third kappa shape index (κ3) is 2.31. The number of hydrogen-bond donors (Lipinski definition) is 0. The van der Waals surface area contributed by atoms with E-state index >= 15 is 0 Å². The van der Waals surface area contributed by atoms with Crippen molar-refractivity contribution in [3.05, 3.63) is 0 Å². The molecule has 2 rings (SSSR count). The molecule has 1 aliphatic heterocycles. The van der Waals surface area contributed by atoms with E-state index in [-0.39, 0.29) is 0 Å². The molecule has 0 aromatic carbocycles. The molecule has 74 valence electrons. The van der Waals surface area contributed by atoms with E-state index < -0.39 is 0 Å². The quantitative estimate of drug-likeness (QED) is 0.666. The van der Waals surface area contributed by atoms with Crippen molar-refractivity contribution in [1.29, 1.82) is 0 Å². The molecule has 0 bridgehead atoms. The summed E-state index contributed by atoms with van der Waals surface area (Å²) in [5.74, 6) is 1.54. The molecular formula is C11H18O2. The van der Waals surface area contributed by atoms with Crippen LogP contribution < -0.4 is 0 Å². The normalized spacial score (nSPS) is 37.8. The first-order valence-electron chi connectivity index (χ1n) is 5.41. The Morgan fingerprint density at radius 2 is 2.31 bits per heavy atom. The Labute approximate surface area is 79.7 Å². The predicted molar refractivity (Wildman–Crippen MR) is 50.5 cm³/mol. The average Bonchev–Trinajstić information content (AvgIpc) is 2.68. The highest BCUT2D eigenvalue weighted by molar-refractivity contribution is 5.83. The molecule has 1 heterocycles. The van der Waals surface area contributed by atoms with Crippen molar-refractivity contribution in [3.8, 4) is 0 Å². The van der Waals surface area contributed by atoms with Gasteiger partial charge in [-0.3, -0.25) is 4.79 Å². The average molecular weight is 182 g/mol. The van der Waals surface area contributed by atoms with Crippen molar-refractivity contribution in [1.82, 2.24) is 0 Å². The van der Waals surface area contributed by atoms with E-state index in [0.29, 0.717) is 23.7 Å². The number of ether oxygens (including phenoxy) is 1. The van der Waals surface area contributed by atoms with Crippen LogP contribution in [0.5, 0.6) is 0 Å². The van der Waals surface area contributed by atoms with Gasteiger partial charge >= 0.3 is 0 Å². The van der Waals surface area contributed by atoms with E-state index in [9.17, 15) is 4.79 Å². The molecule has 2 nitrogen and oxygen atoms in total. The van der Waals surface area contributed by atoms with E-state index in [1.165, 1.54) is 6.42 Å². The highest BCUT2D eigenvalue weighted by Crippen LogP contribution is 2.39. The summed E-state index contributed by atoms with van der Waals surface area (Å²) in [6.07, 6.45) is 5.57. The molecule has 2 fully saturated rings. The van der Waals surface area contributed by atoms with Crippen LogP contribution in [0.3, 0.4) is 0 Å². The lowest BCUT2D eigenvalue weighted by molar-refractivity contribution is -0.121. The second-order valence-electron chi connectivity index (χ2n) is 4.46. The Hall–Kier alpha value is -0.370. The fourth-order valence-corrected chi connectivity index (χ4v) is 2.13. The summed E-state index contributed by atoms with van der Waals surface area (Å²) in [6.45, 7) is 3.06. The Bertz CT molecular complexity index is 194. The molecule has 1 saturated heterocycles. The van der Waals surface area contributed by atoms with Crippen LogP contribution in [0.4, 0.5) is 0 Å². The number of carbonyl (C=O) groups is 1. The lowest BCUT2D eigenvalue weighted by Gasteiger charge is -2.07. The maximum Gasteiger partial charge on any atom is 0.136 e. The molecule has 0 spiro atoms. The van der Waals surface area contributed by atoms with E-state index in [2.05, 4.69) is 6.92 Å². The zero-order chi connectivity index (χ0) is 9.26. The Morgan fingerprint density at radius 3 is 2.85 bits per heavy atom. The minimum atomic E-state index is 0.387. The SMILES string of the molecule is CC1CC1C(=O)CCC1CCCO1. The van der Waals surface area contributed by atoms with Crippen molar-refractivity contribution in [2.75, 3.05) is 6.61 Å². The van der Waals surface area contributed by atoms with Crippen molar-refractivity contribution < 1.29 is 9.53 Å². The highest BCUT2D eigenvalue weighted by Gasteiger charge is 2.38. The van der Waals surface area contributed by atoms with Gasteiger partial charge in [0.25, 0.3) is 0 Å². The van der Waals surface area contributed by atoms with Gasteiger partial charge in [-0.1, -0.05) is 6.92 Å². The van der Waals surface area contributed by atoms with Crippen LogP contribution in [0.25, 0.3) is 0 Å². The third-order valence-corrected chi connectivity index (χ3v) is 3.26. The van der Waals surface area contributed by atoms with Gasteiger partial charge < -0.3 is 4.74 Å². The van der Waals surface area contributed by atoms with Crippen LogP contribution in [-0.4, -0.2) is 18.5 Å². The molecule has 1 aliphatic carbocycles. The van der Waals surface area contributed by atoms with Crippen LogP contribution in [0, 0.1) is 11.8 Å². The Kier molecular flexibility index (Phi) is 2.68. The zero-order valence-corrected chi connectivity index (χ0v) is 8.29. The molecule has 0 radical (unpaired) electrons. The number of carbonyl (C=O) groups excluding carboxylic acids is 1. The van der Waals surface area contributed by atoms with Gasteiger partial charge in [0.15, 0.2) is 0 Å². The van der Waals surface area contributed by atoms with Gasteiger partial charge in [-0.25, -0.2) is 0 Å². The van der Waals surface area contributed by atoms with Crippen LogP contribution in [0.15, 0.2) is 0 Å². The van der Waals surface area contributed by atoms with Gasteiger partial charge in [0.05, 0.1) is 6.10 Å². The summed E-state index contributed by atoms with van der Waals surface area (Å²) in [6, 6.07) is 0. The van der Waals surface area contributed by atoms with Gasteiger partial charge in [-0.2, -0.15) is 0 Å². The summed E-state index contributed by atoms with van der Waals surface area (Å²) in [5, 5.41) is 0. The van der Waals surface area contributed by atoms with Crippen LogP contribution >= 0.6 is 0 Å². The molecule has 3 atom stereocenters. The lowest BCUT2D eigenvalue weighted by atomic mass is 10.1. The lowest BCUT2D eigenvalue weighted by Crippen LogP contribution is -2.10. The minimum absolute atomic E-state index is 0.387. The molecule has 3 unspecified atom stereocenters. The van der Waals surface area contributed by atoms with E-state index in [4.69, 9.17) is 4.74 Å². The molecule has 0 amide bonds. The third-order valence-electron chi connectivity index (χ3n) is 3.26. The van der Waals surface area contributed by atoms with Gasteiger partial charge in [0, 0.05) is 18.9 Å². The number of ketones is 1. The maximum atomic E-state index is 11.5. The van der Waals surface area contributed by atoms with Gasteiger partial charge in [-0.15, -0.1) is 0 Å². The van der Waals surface area contributed by atoms with Gasteiger partial charge in [-0.05, 0) is 31.6 Å². The Balaban J connectivity index is 1.64. The Morgan fingerprint density at radius 1 is 1.54 bits per heavy atom. The second-order valence-corrected chi connectivity index (χ2v) is 4.46. The molecule has 0 aromatic heterocycles. The number of hydrogen-bond acceptors (Lipinski definition) is 2. The first-order chi connectivity index (χ1) is 6.27. The molecule has 1 saturated carbocycles. The molecule has 2 aliphatic rings. The van der Waals surface area contributed by atoms with Crippen LogP contribution in [0.2, 0.25) is 0 Å². The highest BCUT2D eigenvalue weighted by atomic mass is 16.5. The second kappa shape index (κ2) is 3.79. The molecule has 2 heteroatoms. The summed E-state index contributed by atoms with van der Waals surface area (Å²) >= 11 is 0. The van der Waals surface area contributed by atoms with E-state index in [1.54, 1.807) is 0 Å². The minimum Gasteiger partial charge on any atom is -0.378 e. The van der Waals surface area contributed by atoms with E-state index in [1.807, 2.05) is 0 Å². The zero-order valence-electron chi connectivity index (χ0n) is 8.29. The van der Waals surface area contributed by atoms with Gasteiger partial charge in [0.1, 0.15) is 5.78 Å². The van der Waals surface area contributed by atoms with Crippen molar-refractivity contribution in [2.24, 2.45) is 11.8 Å². The largest absolute Gasteiger partial charge is 0.378 e. The molecule has 13 heavy (non-hydrogen) atoms.